The van der Waals surface area contributed by atoms with Crippen LogP contribution in [0.15, 0.2) is 0 Å². The topological polar surface area (TPSA) is 35.5 Å². The molecule has 0 aliphatic rings. The third kappa shape index (κ3) is 5.70. The molecule has 0 aromatic carbocycles. The zero-order chi connectivity index (χ0) is 8.85. The fourth-order valence-electron chi connectivity index (χ4n) is 0.468. The van der Waals surface area contributed by atoms with Crippen LogP contribution in [0.1, 0.15) is 34.1 Å². The van der Waals surface area contributed by atoms with E-state index in [2.05, 4.69) is 0 Å². The van der Waals surface area contributed by atoms with E-state index in [1.54, 1.807) is 13.8 Å². The summed E-state index contributed by atoms with van der Waals surface area (Å²) >= 11 is 0. The van der Waals surface area contributed by atoms with E-state index in [1.165, 1.54) is 0 Å². The molecule has 0 bridgehead atoms. The molecule has 3 nitrogen and oxygen atoms in total. The van der Waals surface area contributed by atoms with Crippen molar-refractivity contribution in [2.45, 2.75) is 46.3 Å². The van der Waals surface area contributed by atoms with E-state index in [-0.39, 0.29) is 12.2 Å². The van der Waals surface area contributed by atoms with Gasteiger partial charge in [-0.3, -0.25) is 0 Å². The van der Waals surface area contributed by atoms with E-state index in [9.17, 15) is 4.79 Å². The van der Waals surface area contributed by atoms with Crippen LogP contribution in [-0.4, -0.2) is 18.4 Å². The number of ether oxygens (including phenoxy) is 2. The van der Waals surface area contributed by atoms with Crippen molar-refractivity contribution in [3.8, 4) is 0 Å². The predicted molar refractivity (Wildman–Crippen MR) is 42.5 cm³/mol. The second-order valence-corrected chi connectivity index (χ2v) is 2.75. The zero-order valence-corrected chi connectivity index (χ0v) is 7.59. The molecule has 0 spiro atoms. The first-order valence-electron chi connectivity index (χ1n) is 3.93. The lowest BCUT2D eigenvalue weighted by molar-refractivity contribution is 0.0112. The van der Waals surface area contributed by atoms with Crippen LogP contribution in [0.2, 0.25) is 0 Å². The molecule has 0 fully saturated rings. The van der Waals surface area contributed by atoms with E-state index in [1.807, 2.05) is 13.8 Å². The number of carbonyl (C=O) groups is 1. The molecule has 0 saturated carbocycles. The maximum absolute atomic E-state index is 10.8. The van der Waals surface area contributed by atoms with Crippen LogP contribution in [0.25, 0.3) is 0 Å². The van der Waals surface area contributed by atoms with Gasteiger partial charge >= 0.3 is 6.16 Å². The number of hydrogen-bond acceptors (Lipinski definition) is 3. The lowest BCUT2D eigenvalue weighted by Crippen LogP contribution is -2.18. The fourth-order valence-corrected chi connectivity index (χ4v) is 0.468. The van der Waals surface area contributed by atoms with Crippen molar-refractivity contribution < 1.29 is 14.3 Å². The molecule has 0 radical (unpaired) electrons. The summed E-state index contributed by atoms with van der Waals surface area (Å²) in [4.78, 5) is 10.8. The molecule has 0 aliphatic heterocycles. The monoisotopic (exact) mass is 160 g/mol. The molecule has 0 heterocycles. The SMILES string of the molecule is CCC(C)OC(=O)OC(C)C. The Morgan fingerprint density at radius 2 is 1.82 bits per heavy atom. The molecule has 0 rings (SSSR count). The minimum atomic E-state index is -0.575. The van der Waals surface area contributed by atoms with Crippen molar-refractivity contribution in [1.29, 1.82) is 0 Å². The second-order valence-electron chi connectivity index (χ2n) is 2.75. The summed E-state index contributed by atoms with van der Waals surface area (Å²) < 4.78 is 9.61. The Morgan fingerprint density at radius 1 is 1.27 bits per heavy atom. The molecule has 0 N–H and O–H groups in total. The van der Waals surface area contributed by atoms with E-state index in [0.717, 1.165) is 6.42 Å². The smallest absolute Gasteiger partial charge is 0.432 e. The summed E-state index contributed by atoms with van der Waals surface area (Å²) in [6, 6.07) is 0. The van der Waals surface area contributed by atoms with Gasteiger partial charge in [0.25, 0.3) is 0 Å². The third-order valence-electron chi connectivity index (χ3n) is 1.20. The average molecular weight is 160 g/mol. The Balaban J connectivity index is 3.52. The largest absolute Gasteiger partial charge is 0.508 e. The highest BCUT2D eigenvalue weighted by molar-refractivity contribution is 5.60. The van der Waals surface area contributed by atoms with Gasteiger partial charge in [-0.25, -0.2) is 4.79 Å². The van der Waals surface area contributed by atoms with Gasteiger partial charge < -0.3 is 9.47 Å². The minimum Gasteiger partial charge on any atom is -0.432 e. The predicted octanol–water partition coefficient (Wildman–Crippen LogP) is 2.35. The summed E-state index contributed by atoms with van der Waals surface area (Å²) in [5.74, 6) is 0. The maximum atomic E-state index is 10.8. The minimum absolute atomic E-state index is 0.0544. The Bertz CT molecular complexity index is 121. The highest BCUT2D eigenvalue weighted by atomic mass is 16.7. The standard InChI is InChI=1S/C8H16O3/c1-5-7(4)11-8(9)10-6(2)3/h6-7H,5H2,1-4H3. The van der Waals surface area contributed by atoms with Gasteiger partial charge in [-0.05, 0) is 27.2 Å². The van der Waals surface area contributed by atoms with Crippen LogP contribution in [0.4, 0.5) is 4.79 Å². The van der Waals surface area contributed by atoms with Crippen LogP contribution >= 0.6 is 0 Å². The van der Waals surface area contributed by atoms with E-state index in [0.29, 0.717) is 0 Å². The van der Waals surface area contributed by atoms with E-state index >= 15 is 0 Å². The molecule has 1 unspecified atom stereocenters. The molecule has 66 valence electrons. The van der Waals surface area contributed by atoms with Crippen molar-refractivity contribution in [3.05, 3.63) is 0 Å². The second kappa shape index (κ2) is 4.99. The first kappa shape index (κ1) is 10.3. The van der Waals surface area contributed by atoms with Crippen LogP contribution in [-0.2, 0) is 9.47 Å². The first-order valence-corrected chi connectivity index (χ1v) is 3.93. The Hall–Kier alpha value is -0.730. The zero-order valence-electron chi connectivity index (χ0n) is 7.59. The maximum Gasteiger partial charge on any atom is 0.508 e. The number of hydrogen-bond donors (Lipinski definition) is 0. The quantitative estimate of drug-likeness (QED) is 0.594. The Morgan fingerprint density at radius 3 is 2.18 bits per heavy atom. The molecule has 0 aliphatic carbocycles. The molecule has 0 saturated heterocycles. The van der Waals surface area contributed by atoms with Crippen LogP contribution < -0.4 is 0 Å². The third-order valence-corrected chi connectivity index (χ3v) is 1.20. The fraction of sp³-hybridized carbons (Fsp3) is 0.875. The van der Waals surface area contributed by atoms with Gasteiger partial charge in [0.2, 0.25) is 0 Å². The van der Waals surface area contributed by atoms with Crippen molar-refractivity contribution >= 4 is 6.16 Å². The molecule has 0 aromatic rings. The molecule has 3 heteroatoms. The lowest BCUT2D eigenvalue weighted by Gasteiger charge is -2.12. The van der Waals surface area contributed by atoms with Gasteiger partial charge in [-0.2, -0.15) is 0 Å². The van der Waals surface area contributed by atoms with Gasteiger partial charge in [-0.15, -0.1) is 0 Å². The van der Waals surface area contributed by atoms with Crippen LogP contribution in [0.3, 0.4) is 0 Å². The van der Waals surface area contributed by atoms with Crippen molar-refractivity contribution in [2.24, 2.45) is 0 Å². The Kier molecular flexibility index (Phi) is 4.66. The number of rotatable bonds is 3. The van der Waals surface area contributed by atoms with Crippen molar-refractivity contribution in [2.75, 3.05) is 0 Å². The molecule has 11 heavy (non-hydrogen) atoms. The summed E-state index contributed by atoms with van der Waals surface area (Å²) in [6.07, 6.45) is 0.0786. The van der Waals surface area contributed by atoms with Gasteiger partial charge in [0, 0.05) is 0 Å². The average Bonchev–Trinajstić information content (AvgIpc) is 1.85. The van der Waals surface area contributed by atoms with Gasteiger partial charge in [0.15, 0.2) is 0 Å². The van der Waals surface area contributed by atoms with Gasteiger partial charge in [0.1, 0.15) is 6.10 Å². The summed E-state index contributed by atoms with van der Waals surface area (Å²) in [7, 11) is 0. The van der Waals surface area contributed by atoms with Crippen molar-refractivity contribution in [3.63, 3.8) is 0 Å². The van der Waals surface area contributed by atoms with Gasteiger partial charge in [-0.1, -0.05) is 6.92 Å². The molecular weight excluding hydrogens is 144 g/mol. The highest BCUT2D eigenvalue weighted by Crippen LogP contribution is 2.00. The normalized spacial score (nSPS) is 12.8. The summed E-state index contributed by atoms with van der Waals surface area (Å²) in [5.41, 5.74) is 0. The molecule has 1 atom stereocenters. The highest BCUT2D eigenvalue weighted by Gasteiger charge is 2.09. The van der Waals surface area contributed by atoms with E-state index in [4.69, 9.17) is 9.47 Å². The first-order chi connectivity index (χ1) is 5.06. The summed E-state index contributed by atoms with van der Waals surface area (Å²) in [6.45, 7) is 7.37. The molecule has 0 amide bonds. The Labute approximate surface area is 67.7 Å². The van der Waals surface area contributed by atoms with Gasteiger partial charge in [0.05, 0.1) is 6.10 Å². The van der Waals surface area contributed by atoms with Crippen LogP contribution in [0, 0.1) is 0 Å². The number of carbonyl (C=O) groups excluding carboxylic acids is 1. The van der Waals surface area contributed by atoms with Crippen molar-refractivity contribution in [1.82, 2.24) is 0 Å². The lowest BCUT2D eigenvalue weighted by atomic mass is 10.3. The van der Waals surface area contributed by atoms with E-state index < -0.39 is 6.16 Å². The molecule has 0 aromatic heterocycles. The molecular formula is C8H16O3. The summed E-state index contributed by atoms with van der Waals surface area (Å²) in [5, 5.41) is 0. The van der Waals surface area contributed by atoms with Crippen LogP contribution in [0.5, 0.6) is 0 Å².